The second kappa shape index (κ2) is 4.75. The molecule has 0 aliphatic heterocycles. The van der Waals surface area contributed by atoms with Crippen LogP contribution in [0.25, 0.3) is 21.5 Å². The predicted molar refractivity (Wildman–Crippen MR) is 80.4 cm³/mol. The standard InChI is InChI=1S/C16H9ClO4/c17-12-6-5-10(15(18)19)13-11(12)7-8-3-1-2-4-9(8)14(13)16(20)21/h1-7H,(H,18,19)(H,20,21). The fraction of sp³-hybridized carbons (Fsp3) is 0. The van der Waals surface area contributed by atoms with Crippen molar-refractivity contribution in [3.05, 3.63) is 58.6 Å². The maximum absolute atomic E-state index is 11.7. The summed E-state index contributed by atoms with van der Waals surface area (Å²) in [4.78, 5) is 23.1. The molecule has 3 aromatic rings. The number of halogens is 1. The minimum atomic E-state index is -1.19. The summed E-state index contributed by atoms with van der Waals surface area (Å²) in [6.07, 6.45) is 0. The highest BCUT2D eigenvalue weighted by Gasteiger charge is 2.20. The van der Waals surface area contributed by atoms with E-state index in [-0.39, 0.29) is 16.5 Å². The van der Waals surface area contributed by atoms with Crippen molar-refractivity contribution in [2.45, 2.75) is 0 Å². The van der Waals surface area contributed by atoms with E-state index in [0.29, 0.717) is 21.2 Å². The molecule has 3 aromatic carbocycles. The van der Waals surface area contributed by atoms with Crippen LogP contribution in [0.2, 0.25) is 5.02 Å². The highest BCUT2D eigenvalue weighted by atomic mass is 35.5. The van der Waals surface area contributed by atoms with Crippen molar-refractivity contribution in [1.82, 2.24) is 0 Å². The van der Waals surface area contributed by atoms with Gasteiger partial charge in [-0.3, -0.25) is 0 Å². The predicted octanol–water partition coefficient (Wildman–Crippen LogP) is 4.04. The molecule has 104 valence electrons. The Bertz CT molecular complexity index is 915. The molecule has 0 fully saturated rings. The van der Waals surface area contributed by atoms with Gasteiger partial charge in [-0.25, -0.2) is 9.59 Å². The van der Waals surface area contributed by atoms with E-state index in [4.69, 9.17) is 11.6 Å². The number of carbonyl (C=O) groups is 2. The third kappa shape index (κ3) is 2.00. The van der Waals surface area contributed by atoms with Crippen molar-refractivity contribution in [3.63, 3.8) is 0 Å². The van der Waals surface area contributed by atoms with Crippen LogP contribution in [0.1, 0.15) is 20.7 Å². The molecule has 0 aliphatic rings. The van der Waals surface area contributed by atoms with Crippen LogP contribution in [0.15, 0.2) is 42.5 Å². The topological polar surface area (TPSA) is 74.6 Å². The number of hydrogen-bond donors (Lipinski definition) is 2. The molecule has 0 radical (unpaired) electrons. The van der Waals surface area contributed by atoms with E-state index >= 15 is 0 Å². The van der Waals surface area contributed by atoms with Crippen molar-refractivity contribution in [1.29, 1.82) is 0 Å². The van der Waals surface area contributed by atoms with E-state index in [1.54, 1.807) is 30.3 Å². The first-order valence-electron chi connectivity index (χ1n) is 6.11. The smallest absolute Gasteiger partial charge is 0.336 e. The van der Waals surface area contributed by atoms with Crippen molar-refractivity contribution in [2.24, 2.45) is 0 Å². The summed E-state index contributed by atoms with van der Waals surface area (Å²) in [7, 11) is 0. The number of carboxylic acid groups (broad SMARTS) is 2. The van der Waals surface area contributed by atoms with Gasteiger partial charge in [-0.1, -0.05) is 35.9 Å². The Morgan fingerprint density at radius 1 is 0.905 bits per heavy atom. The second-order valence-corrected chi connectivity index (χ2v) is 5.01. The molecule has 0 spiro atoms. The van der Waals surface area contributed by atoms with Gasteiger partial charge < -0.3 is 10.2 Å². The van der Waals surface area contributed by atoms with Crippen molar-refractivity contribution in [3.8, 4) is 0 Å². The fourth-order valence-electron chi connectivity index (χ4n) is 2.55. The highest BCUT2D eigenvalue weighted by Crippen LogP contribution is 2.35. The Balaban J connectivity index is 2.67. The molecule has 0 amide bonds. The molecule has 21 heavy (non-hydrogen) atoms. The number of aromatic carboxylic acids is 2. The van der Waals surface area contributed by atoms with Gasteiger partial charge in [0.2, 0.25) is 0 Å². The van der Waals surface area contributed by atoms with Crippen molar-refractivity contribution < 1.29 is 19.8 Å². The minimum absolute atomic E-state index is 0.0389. The molecule has 0 heterocycles. The molecule has 0 saturated carbocycles. The zero-order chi connectivity index (χ0) is 15.1. The Hall–Kier alpha value is -2.59. The van der Waals surface area contributed by atoms with Crippen molar-refractivity contribution >= 4 is 45.1 Å². The van der Waals surface area contributed by atoms with Crippen LogP contribution >= 0.6 is 11.6 Å². The summed E-state index contributed by atoms with van der Waals surface area (Å²) < 4.78 is 0. The first-order chi connectivity index (χ1) is 10.0. The van der Waals surface area contributed by atoms with Crippen molar-refractivity contribution in [2.75, 3.05) is 0 Å². The molecular formula is C16H9ClO4. The van der Waals surface area contributed by atoms with Crippen LogP contribution in [-0.2, 0) is 0 Å². The molecule has 0 aromatic heterocycles. The van der Waals surface area contributed by atoms with Gasteiger partial charge in [0, 0.05) is 15.8 Å². The summed E-state index contributed by atoms with van der Waals surface area (Å²) in [6, 6.07) is 11.4. The van der Waals surface area contributed by atoms with E-state index in [0.717, 1.165) is 0 Å². The molecule has 0 bridgehead atoms. The lowest BCUT2D eigenvalue weighted by Gasteiger charge is -2.11. The molecule has 2 N–H and O–H groups in total. The van der Waals surface area contributed by atoms with E-state index < -0.39 is 11.9 Å². The zero-order valence-corrected chi connectivity index (χ0v) is 11.4. The van der Waals surface area contributed by atoms with E-state index in [1.165, 1.54) is 12.1 Å². The molecule has 0 atom stereocenters. The van der Waals surface area contributed by atoms with Crippen LogP contribution < -0.4 is 0 Å². The summed E-state index contributed by atoms with van der Waals surface area (Å²) in [5.41, 5.74) is -0.111. The quantitative estimate of drug-likeness (QED) is 0.700. The van der Waals surface area contributed by atoms with Crippen LogP contribution in [0.5, 0.6) is 0 Å². The van der Waals surface area contributed by atoms with Crippen LogP contribution in [0.3, 0.4) is 0 Å². The number of benzene rings is 3. The Kier molecular flexibility index (Phi) is 3.03. The molecule has 0 unspecified atom stereocenters. The first-order valence-corrected chi connectivity index (χ1v) is 6.49. The van der Waals surface area contributed by atoms with Crippen LogP contribution in [0, 0.1) is 0 Å². The number of carboxylic acids is 2. The minimum Gasteiger partial charge on any atom is -0.478 e. The molecule has 0 saturated heterocycles. The summed E-state index contributed by atoms with van der Waals surface area (Å²) in [5, 5.41) is 20.9. The third-order valence-corrected chi connectivity index (χ3v) is 3.75. The molecular weight excluding hydrogens is 292 g/mol. The number of hydrogen-bond acceptors (Lipinski definition) is 2. The van der Waals surface area contributed by atoms with Gasteiger partial charge in [0.15, 0.2) is 0 Å². The average Bonchev–Trinajstić information content (AvgIpc) is 2.45. The second-order valence-electron chi connectivity index (χ2n) is 4.60. The van der Waals surface area contributed by atoms with Gasteiger partial charge in [-0.2, -0.15) is 0 Å². The maximum Gasteiger partial charge on any atom is 0.336 e. The third-order valence-electron chi connectivity index (χ3n) is 3.42. The van der Waals surface area contributed by atoms with E-state index in [1.807, 2.05) is 0 Å². The SMILES string of the molecule is O=C(O)c1ccc(Cl)c2cc3ccccc3c(C(=O)O)c12. The largest absolute Gasteiger partial charge is 0.478 e. The average molecular weight is 301 g/mol. The lowest BCUT2D eigenvalue weighted by atomic mass is 9.93. The fourth-order valence-corrected chi connectivity index (χ4v) is 2.76. The summed E-state index contributed by atoms with van der Waals surface area (Å²) >= 11 is 6.12. The Morgan fingerprint density at radius 3 is 2.29 bits per heavy atom. The lowest BCUT2D eigenvalue weighted by molar-refractivity contribution is 0.0696. The Labute approximate surface area is 124 Å². The van der Waals surface area contributed by atoms with Crippen LogP contribution in [0.4, 0.5) is 0 Å². The maximum atomic E-state index is 11.7. The van der Waals surface area contributed by atoms with Gasteiger partial charge in [0.05, 0.1) is 11.1 Å². The van der Waals surface area contributed by atoms with Gasteiger partial charge in [-0.05, 0) is 29.0 Å². The van der Waals surface area contributed by atoms with Gasteiger partial charge in [0.1, 0.15) is 0 Å². The summed E-state index contributed by atoms with van der Waals surface area (Å²) in [5.74, 6) is -2.36. The monoisotopic (exact) mass is 300 g/mol. The normalized spacial score (nSPS) is 10.9. The van der Waals surface area contributed by atoms with E-state index in [2.05, 4.69) is 0 Å². The zero-order valence-electron chi connectivity index (χ0n) is 10.6. The number of rotatable bonds is 2. The molecule has 4 nitrogen and oxygen atoms in total. The lowest BCUT2D eigenvalue weighted by Crippen LogP contribution is -2.05. The van der Waals surface area contributed by atoms with Gasteiger partial charge in [0.25, 0.3) is 0 Å². The Morgan fingerprint density at radius 2 is 1.62 bits per heavy atom. The first kappa shape index (κ1) is 13.4. The number of fused-ring (bicyclic) bond motifs is 2. The summed E-state index contributed by atoms with van der Waals surface area (Å²) in [6.45, 7) is 0. The van der Waals surface area contributed by atoms with E-state index in [9.17, 15) is 19.8 Å². The molecule has 0 aliphatic carbocycles. The van der Waals surface area contributed by atoms with Gasteiger partial charge >= 0.3 is 11.9 Å². The molecule has 3 rings (SSSR count). The van der Waals surface area contributed by atoms with Crippen LogP contribution in [-0.4, -0.2) is 22.2 Å². The highest BCUT2D eigenvalue weighted by molar-refractivity contribution is 6.37. The van der Waals surface area contributed by atoms with Gasteiger partial charge in [-0.15, -0.1) is 0 Å². The molecule has 5 heteroatoms.